The quantitative estimate of drug-likeness (QED) is 0.619. The van der Waals surface area contributed by atoms with Gasteiger partial charge in [-0.2, -0.15) is 0 Å². The predicted octanol–water partition coefficient (Wildman–Crippen LogP) is 5.06. The number of aryl methyl sites for hydroxylation is 1. The summed E-state index contributed by atoms with van der Waals surface area (Å²) in [6.07, 6.45) is 3.17. The van der Waals surface area contributed by atoms with Crippen LogP contribution in [0.3, 0.4) is 0 Å². The minimum atomic E-state index is 0.105. The van der Waals surface area contributed by atoms with E-state index in [0.717, 1.165) is 24.8 Å². The maximum absolute atomic E-state index is 12.1. The van der Waals surface area contributed by atoms with Gasteiger partial charge in [0, 0.05) is 19.0 Å². The van der Waals surface area contributed by atoms with E-state index in [1.165, 1.54) is 5.56 Å². The number of rotatable bonds is 9. The van der Waals surface area contributed by atoms with E-state index in [1.807, 2.05) is 72.1 Å². The second-order valence-corrected chi connectivity index (χ2v) is 6.63. The van der Waals surface area contributed by atoms with Crippen molar-refractivity contribution in [1.82, 2.24) is 10.2 Å². The SMILES string of the molecule is CC.CC.CN(C)C(CNC(=O)CCCc1ccccc1)Cc1ccc(O)cc1. The lowest BCUT2D eigenvalue weighted by molar-refractivity contribution is -0.121. The van der Waals surface area contributed by atoms with Gasteiger partial charge in [0.2, 0.25) is 5.91 Å². The van der Waals surface area contributed by atoms with E-state index < -0.39 is 0 Å². The van der Waals surface area contributed by atoms with E-state index in [1.54, 1.807) is 12.1 Å². The third kappa shape index (κ3) is 12.0. The smallest absolute Gasteiger partial charge is 0.220 e. The van der Waals surface area contributed by atoms with E-state index in [9.17, 15) is 9.90 Å². The molecule has 0 saturated carbocycles. The van der Waals surface area contributed by atoms with Crippen molar-refractivity contribution < 1.29 is 9.90 Å². The molecule has 0 fully saturated rings. The maximum atomic E-state index is 12.1. The number of hydrogen-bond donors (Lipinski definition) is 2. The number of nitrogens with one attached hydrogen (secondary N) is 1. The number of phenols is 1. The van der Waals surface area contributed by atoms with E-state index in [4.69, 9.17) is 0 Å². The van der Waals surface area contributed by atoms with Gasteiger partial charge in [0.05, 0.1) is 0 Å². The molecule has 29 heavy (non-hydrogen) atoms. The molecule has 0 heterocycles. The summed E-state index contributed by atoms with van der Waals surface area (Å²) in [6, 6.07) is 17.7. The first-order chi connectivity index (χ1) is 14.0. The van der Waals surface area contributed by atoms with Crippen LogP contribution in [-0.2, 0) is 17.6 Å². The summed E-state index contributed by atoms with van der Waals surface area (Å²) < 4.78 is 0. The lowest BCUT2D eigenvalue weighted by Gasteiger charge is -2.25. The van der Waals surface area contributed by atoms with E-state index in [-0.39, 0.29) is 17.7 Å². The van der Waals surface area contributed by atoms with Crippen LogP contribution in [0.1, 0.15) is 51.7 Å². The average molecular weight is 401 g/mol. The fourth-order valence-corrected chi connectivity index (χ4v) is 2.76. The normalized spacial score (nSPS) is 10.9. The zero-order chi connectivity index (χ0) is 22.1. The van der Waals surface area contributed by atoms with Crippen molar-refractivity contribution in [3.63, 3.8) is 0 Å². The Morgan fingerprint density at radius 1 is 0.931 bits per heavy atom. The summed E-state index contributed by atoms with van der Waals surface area (Å²) in [5.74, 6) is 0.380. The standard InChI is InChI=1S/C21H28N2O2.2C2H6/c1-23(2)19(15-18-11-13-20(24)14-12-18)16-22-21(25)10-6-9-17-7-4-3-5-8-17;2*1-2/h3-5,7-8,11-14,19,24H,6,9-10,15-16H2,1-2H3,(H,22,25);2*1-2H3. The number of nitrogens with zero attached hydrogens (tertiary/aromatic N) is 1. The van der Waals surface area contributed by atoms with Gasteiger partial charge < -0.3 is 15.3 Å². The topological polar surface area (TPSA) is 52.6 Å². The molecule has 0 aliphatic rings. The van der Waals surface area contributed by atoms with Crippen LogP contribution in [-0.4, -0.2) is 42.6 Å². The third-order valence-electron chi connectivity index (χ3n) is 4.38. The molecule has 0 aliphatic carbocycles. The minimum Gasteiger partial charge on any atom is -0.508 e. The summed E-state index contributed by atoms with van der Waals surface area (Å²) >= 11 is 0. The molecule has 1 unspecified atom stereocenters. The highest BCUT2D eigenvalue weighted by Crippen LogP contribution is 2.12. The van der Waals surface area contributed by atoms with Crippen molar-refractivity contribution in [3.8, 4) is 5.75 Å². The number of likely N-dealkylation sites (N-methyl/N-ethyl adjacent to an activating group) is 1. The summed E-state index contributed by atoms with van der Waals surface area (Å²) in [5.41, 5.74) is 2.42. The Hall–Kier alpha value is -2.33. The van der Waals surface area contributed by atoms with Crippen LogP contribution < -0.4 is 5.32 Å². The second kappa shape index (κ2) is 16.6. The Labute approximate surface area is 178 Å². The van der Waals surface area contributed by atoms with Crippen molar-refractivity contribution in [1.29, 1.82) is 0 Å². The lowest BCUT2D eigenvalue weighted by atomic mass is 10.0. The lowest BCUT2D eigenvalue weighted by Crippen LogP contribution is -2.41. The molecule has 1 amide bonds. The van der Waals surface area contributed by atoms with Crippen molar-refractivity contribution in [2.45, 2.75) is 59.4 Å². The van der Waals surface area contributed by atoms with E-state index >= 15 is 0 Å². The zero-order valence-corrected chi connectivity index (χ0v) is 19.1. The van der Waals surface area contributed by atoms with E-state index in [0.29, 0.717) is 13.0 Å². The van der Waals surface area contributed by atoms with Gasteiger partial charge in [0.1, 0.15) is 5.75 Å². The largest absolute Gasteiger partial charge is 0.508 e. The van der Waals surface area contributed by atoms with Gasteiger partial charge in [-0.1, -0.05) is 70.2 Å². The van der Waals surface area contributed by atoms with Gasteiger partial charge in [-0.3, -0.25) is 4.79 Å². The minimum absolute atomic E-state index is 0.105. The van der Waals surface area contributed by atoms with Gasteiger partial charge in [-0.15, -0.1) is 0 Å². The number of phenolic OH excluding ortho intramolecular Hbond substituents is 1. The van der Waals surface area contributed by atoms with Gasteiger partial charge in [0.15, 0.2) is 0 Å². The number of amides is 1. The molecule has 0 bridgehead atoms. The summed E-state index contributed by atoms with van der Waals surface area (Å²) in [4.78, 5) is 14.2. The fraction of sp³-hybridized carbons (Fsp3) is 0.480. The molecular weight excluding hydrogens is 360 g/mol. The van der Waals surface area contributed by atoms with Crippen molar-refractivity contribution in [2.75, 3.05) is 20.6 Å². The van der Waals surface area contributed by atoms with Crippen LogP contribution >= 0.6 is 0 Å². The highest BCUT2D eigenvalue weighted by atomic mass is 16.3. The Morgan fingerprint density at radius 2 is 1.52 bits per heavy atom. The number of aromatic hydroxyl groups is 1. The molecule has 2 N–H and O–H groups in total. The highest BCUT2D eigenvalue weighted by Gasteiger charge is 2.13. The van der Waals surface area contributed by atoms with Crippen LogP contribution in [0.25, 0.3) is 0 Å². The van der Waals surface area contributed by atoms with Crippen molar-refractivity contribution in [2.24, 2.45) is 0 Å². The first-order valence-electron chi connectivity index (χ1n) is 10.8. The molecular formula is C25H40N2O2. The number of carbonyl (C=O) groups is 1. The molecule has 162 valence electrons. The zero-order valence-electron chi connectivity index (χ0n) is 19.1. The van der Waals surface area contributed by atoms with Crippen LogP contribution in [0.4, 0.5) is 0 Å². The monoisotopic (exact) mass is 400 g/mol. The average Bonchev–Trinajstić information content (AvgIpc) is 2.76. The van der Waals surface area contributed by atoms with Crippen LogP contribution in [0.15, 0.2) is 54.6 Å². The number of benzene rings is 2. The molecule has 2 rings (SSSR count). The second-order valence-electron chi connectivity index (χ2n) is 6.63. The summed E-state index contributed by atoms with van der Waals surface area (Å²) in [5, 5.41) is 12.4. The molecule has 1 atom stereocenters. The number of carbonyl (C=O) groups excluding carboxylic acids is 1. The van der Waals surface area contributed by atoms with Crippen LogP contribution in [0.5, 0.6) is 5.75 Å². The van der Waals surface area contributed by atoms with Gasteiger partial charge >= 0.3 is 0 Å². The highest BCUT2D eigenvalue weighted by molar-refractivity contribution is 5.75. The molecule has 0 saturated heterocycles. The molecule has 4 heteroatoms. The molecule has 2 aromatic carbocycles. The first-order valence-corrected chi connectivity index (χ1v) is 10.8. The predicted molar refractivity (Wildman–Crippen MR) is 124 cm³/mol. The molecule has 0 aliphatic heterocycles. The first kappa shape index (κ1) is 26.7. The van der Waals surface area contributed by atoms with Crippen molar-refractivity contribution in [3.05, 3.63) is 65.7 Å². The molecule has 0 radical (unpaired) electrons. The molecule has 4 nitrogen and oxygen atoms in total. The Balaban J connectivity index is 0.00000184. The maximum Gasteiger partial charge on any atom is 0.220 e. The van der Waals surface area contributed by atoms with Crippen LogP contribution in [0.2, 0.25) is 0 Å². The third-order valence-corrected chi connectivity index (χ3v) is 4.38. The summed E-state index contributed by atoms with van der Waals surface area (Å²) in [6.45, 7) is 8.62. The Bertz CT molecular complexity index is 640. The van der Waals surface area contributed by atoms with E-state index in [2.05, 4.69) is 22.3 Å². The van der Waals surface area contributed by atoms with Gasteiger partial charge in [-0.25, -0.2) is 0 Å². The molecule has 2 aromatic rings. The van der Waals surface area contributed by atoms with Gasteiger partial charge in [0.25, 0.3) is 0 Å². The number of hydrogen-bond acceptors (Lipinski definition) is 3. The van der Waals surface area contributed by atoms with Crippen molar-refractivity contribution >= 4 is 5.91 Å². The molecule has 0 aromatic heterocycles. The fourth-order valence-electron chi connectivity index (χ4n) is 2.76. The van der Waals surface area contributed by atoms with Gasteiger partial charge in [-0.05, 0) is 56.6 Å². The Kier molecular flexibility index (Phi) is 15.3. The summed E-state index contributed by atoms with van der Waals surface area (Å²) in [7, 11) is 4.04. The Morgan fingerprint density at radius 3 is 2.07 bits per heavy atom. The van der Waals surface area contributed by atoms with Crippen LogP contribution in [0, 0.1) is 0 Å². The molecule has 0 spiro atoms.